The number of aryl methyl sites for hydroxylation is 1. The summed E-state index contributed by atoms with van der Waals surface area (Å²) in [5.74, 6) is 0. The molecule has 5 heteroatoms. The van der Waals surface area contributed by atoms with Crippen LogP contribution in [0.15, 0.2) is 28.1 Å². The van der Waals surface area contributed by atoms with Gasteiger partial charge in [0.1, 0.15) is 0 Å². The summed E-state index contributed by atoms with van der Waals surface area (Å²) in [6, 6.07) is 7.83. The first-order valence-electron chi connectivity index (χ1n) is 4.84. The highest BCUT2D eigenvalue weighted by atomic mass is 79.9. The lowest BCUT2D eigenvalue weighted by atomic mass is 10.1. The lowest BCUT2D eigenvalue weighted by Crippen LogP contribution is -1.92. The van der Waals surface area contributed by atoms with E-state index in [2.05, 4.69) is 44.8 Å². The quantitative estimate of drug-likeness (QED) is 0.485. The molecular weight excluding hydrogens is 407 g/mol. The van der Waals surface area contributed by atoms with E-state index in [4.69, 9.17) is 23.2 Å². The van der Waals surface area contributed by atoms with E-state index in [1.54, 1.807) is 11.3 Å². The summed E-state index contributed by atoms with van der Waals surface area (Å²) in [6.07, 6.45) is 0. The van der Waals surface area contributed by atoms with Crippen LogP contribution in [-0.4, -0.2) is 0 Å². The van der Waals surface area contributed by atoms with Gasteiger partial charge in [-0.15, -0.1) is 11.3 Å². The highest BCUT2D eigenvalue weighted by Crippen LogP contribution is 2.39. The second-order valence-electron chi connectivity index (χ2n) is 3.60. The van der Waals surface area contributed by atoms with Crippen LogP contribution in [0.4, 0.5) is 0 Å². The number of hydrogen-bond donors (Lipinski definition) is 0. The highest BCUT2D eigenvalue weighted by Gasteiger charge is 2.16. The molecular formula is C12H8Br2Cl2S. The Labute approximate surface area is 131 Å². The first kappa shape index (κ1) is 13.9. The van der Waals surface area contributed by atoms with Gasteiger partial charge in [-0.2, -0.15) is 0 Å². The maximum Gasteiger partial charge on any atom is 0.0704 e. The number of halogens is 4. The summed E-state index contributed by atoms with van der Waals surface area (Å²) >= 11 is 20.9. The van der Waals surface area contributed by atoms with Gasteiger partial charge in [0.25, 0.3) is 0 Å². The largest absolute Gasteiger partial charge is 0.133 e. The van der Waals surface area contributed by atoms with Crippen LogP contribution < -0.4 is 0 Å². The van der Waals surface area contributed by atoms with Crippen molar-refractivity contribution in [2.24, 2.45) is 0 Å². The zero-order valence-corrected chi connectivity index (χ0v) is 14.3. The fraction of sp³-hybridized carbons (Fsp3) is 0.167. The maximum atomic E-state index is 6.03. The molecule has 1 aromatic carbocycles. The second-order valence-corrected chi connectivity index (χ2v) is 7.96. The number of hydrogen-bond acceptors (Lipinski definition) is 1. The van der Waals surface area contributed by atoms with Gasteiger partial charge in [-0.25, -0.2) is 0 Å². The van der Waals surface area contributed by atoms with Crippen molar-refractivity contribution < 1.29 is 0 Å². The van der Waals surface area contributed by atoms with Crippen LogP contribution in [0, 0.1) is 6.92 Å². The highest BCUT2D eigenvalue weighted by molar-refractivity contribution is 9.11. The van der Waals surface area contributed by atoms with Crippen molar-refractivity contribution in [1.82, 2.24) is 0 Å². The Morgan fingerprint density at radius 3 is 2.41 bits per heavy atom. The van der Waals surface area contributed by atoms with Gasteiger partial charge in [-0.05, 0) is 52.2 Å². The Morgan fingerprint density at radius 1 is 1.18 bits per heavy atom. The van der Waals surface area contributed by atoms with Crippen LogP contribution in [0.5, 0.6) is 0 Å². The fourth-order valence-electron chi connectivity index (χ4n) is 1.56. The Morgan fingerprint density at radius 2 is 1.88 bits per heavy atom. The van der Waals surface area contributed by atoms with Crippen molar-refractivity contribution in [3.8, 4) is 0 Å². The van der Waals surface area contributed by atoms with E-state index in [9.17, 15) is 0 Å². The molecule has 2 rings (SSSR count). The van der Waals surface area contributed by atoms with Gasteiger partial charge in [0.2, 0.25) is 0 Å². The number of alkyl halides is 1. The van der Waals surface area contributed by atoms with Crippen LogP contribution in [0.2, 0.25) is 10.0 Å². The molecule has 17 heavy (non-hydrogen) atoms. The molecule has 0 amide bonds. The average Bonchev–Trinajstić information content (AvgIpc) is 2.61. The topological polar surface area (TPSA) is 0 Å². The van der Waals surface area contributed by atoms with Crippen molar-refractivity contribution >= 4 is 66.4 Å². The first-order valence-corrected chi connectivity index (χ1v) is 8.12. The molecule has 2 aromatic rings. The van der Waals surface area contributed by atoms with Gasteiger partial charge < -0.3 is 0 Å². The van der Waals surface area contributed by atoms with E-state index in [1.165, 1.54) is 10.4 Å². The molecule has 0 spiro atoms. The van der Waals surface area contributed by atoms with Gasteiger partial charge >= 0.3 is 0 Å². The Kier molecular flexibility index (Phi) is 4.59. The van der Waals surface area contributed by atoms with Gasteiger partial charge in [0.15, 0.2) is 0 Å². The van der Waals surface area contributed by atoms with Crippen LogP contribution in [0.1, 0.15) is 20.8 Å². The molecule has 0 bridgehead atoms. The monoisotopic (exact) mass is 412 g/mol. The second kappa shape index (κ2) is 5.62. The molecule has 1 aromatic heterocycles. The Bertz CT molecular complexity index is 551. The van der Waals surface area contributed by atoms with E-state index in [-0.39, 0.29) is 4.83 Å². The number of benzene rings is 1. The van der Waals surface area contributed by atoms with E-state index >= 15 is 0 Å². The number of rotatable bonds is 2. The minimum absolute atomic E-state index is 0.139. The molecule has 0 saturated carbocycles. The summed E-state index contributed by atoms with van der Waals surface area (Å²) in [4.78, 5) is 1.42. The number of thiophene rings is 1. The molecule has 0 fully saturated rings. The summed E-state index contributed by atoms with van der Waals surface area (Å²) in [7, 11) is 0. The third-order valence-electron chi connectivity index (χ3n) is 2.44. The molecule has 0 nitrogen and oxygen atoms in total. The normalized spacial score (nSPS) is 12.8. The molecule has 1 heterocycles. The first-order chi connectivity index (χ1) is 7.99. The minimum atomic E-state index is 0.139. The van der Waals surface area contributed by atoms with Crippen LogP contribution in [0.3, 0.4) is 0 Å². The van der Waals surface area contributed by atoms with Crippen molar-refractivity contribution in [1.29, 1.82) is 0 Å². The predicted molar refractivity (Wildman–Crippen MR) is 84.0 cm³/mol. The fourth-order valence-corrected chi connectivity index (χ4v) is 4.53. The van der Waals surface area contributed by atoms with Crippen LogP contribution in [0.25, 0.3) is 0 Å². The van der Waals surface area contributed by atoms with Gasteiger partial charge in [0.05, 0.1) is 18.7 Å². The summed E-state index contributed by atoms with van der Waals surface area (Å²) < 4.78 is 1.13. The predicted octanol–water partition coefficient (Wildman–Crippen LogP) is 6.61. The van der Waals surface area contributed by atoms with E-state index < -0.39 is 0 Å². The van der Waals surface area contributed by atoms with Gasteiger partial charge in [-0.1, -0.05) is 45.2 Å². The SMILES string of the molecule is Cc1sc(Br)cc1C(Br)c1ccc(Cl)c(Cl)c1. The standard InChI is InChI=1S/C12H8Br2Cl2S/c1-6-8(5-11(13)17-6)12(14)7-2-3-9(15)10(16)4-7/h2-5,12H,1H3. The summed E-state index contributed by atoms with van der Waals surface area (Å²) in [5, 5.41) is 1.17. The molecule has 1 atom stereocenters. The summed E-state index contributed by atoms with van der Waals surface area (Å²) in [6.45, 7) is 2.11. The van der Waals surface area contributed by atoms with Gasteiger partial charge in [-0.3, -0.25) is 0 Å². The zero-order chi connectivity index (χ0) is 12.6. The third-order valence-corrected chi connectivity index (χ3v) is 5.77. The van der Waals surface area contributed by atoms with Gasteiger partial charge in [0, 0.05) is 4.88 Å². The molecule has 1 unspecified atom stereocenters. The maximum absolute atomic E-state index is 6.03. The van der Waals surface area contributed by atoms with Crippen LogP contribution >= 0.6 is 66.4 Å². The lowest BCUT2D eigenvalue weighted by molar-refractivity contribution is 1.17. The average molecular weight is 415 g/mol. The molecule has 0 aliphatic rings. The van der Waals surface area contributed by atoms with Crippen molar-refractivity contribution in [3.05, 3.63) is 54.1 Å². The van der Waals surface area contributed by atoms with E-state index in [0.29, 0.717) is 10.0 Å². The lowest BCUT2D eigenvalue weighted by Gasteiger charge is -2.11. The molecule has 90 valence electrons. The molecule has 0 aliphatic heterocycles. The molecule has 0 aliphatic carbocycles. The Hall–Kier alpha value is 0.460. The van der Waals surface area contributed by atoms with Crippen LogP contribution in [-0.2, 0) is 0 Å². The zero-order valence-electron chi connectivity index (χ0n) is 8.81. The smallest absolute Gasteiger partial charge is 0.0704 e. The van der Waals surface area contributed by atoms with Crippen molar-refractivity contribution in [3.63, 3.8) is 0 Å². The minimum Gasteiger partial charge on any atom is -0.133 e. The molecule has 0 N–H and O–H groups in total. The Balaban J connectivity index is 2.40. The van der Waals surface area contributed by atoms with Crippen molar-refractivity contribution in [2.45, 2.75) is 11.8 Å². The molecule has 0 saturated heterocycles. The van der Waals surface area contributed by atoms with Crippen molar-refractivity contribution in [2.75, 3.05) is 0 Å². The molecule has 0 radical (unpaired) electrons. The van der Waals surface area contributed by atoms with E-state index in [1.807, 2.05) is 18.2 Å². The van der Waals surface area contributed by atoms with E-state index in [0.717, 1.165) is 9.35 Å². The third kappa shape index (κ3) is 3.07. The summed E-state index contributed by atoms with van der Waals surface area (Å²) in [5.41, 5.74) is 2.35.